The van der Waals surface area contributed by atoms with E-state index in [1.54, 1.807) is 12.1 Å². The summed E-state index contributed by atoms with van der Waals surface area (Å²) in [5, 5.41) is 0.972. The summed E-state index contributed by atoms with van der Waals surface area (Å²) in [6.45, 7) is 4.00. The first-order valence-electron chi connectivity index (χ1n) is 4.45. The maximum absolute atomic E-state index is 5.95. The van der Waals surface area contributed by atoms with Gasteiger partial charge in [0.15, 0.2) is 5.75 Å². The van der Waals surface area contributed by atoms with Crippen LogP contribution in [0.1, 0.15) is 20.3 Å². The van der Waals surface area contributed by atoms with Crippen molar-refractivity contribution in [2.75, 3.05) is 5.73 Å². The van der Waals surface area contributed by atoms with Crippen LogP contribution in [0.2, 0.25) is 10.0 Å². The van der Waals surface area contributed by atoms with Gasteiger partial charge in [-0.05, 0) is 25.5 Å². The van der Waals surface area contributed by atoms with E-state index in [0.717, 1.165) is 6.42 Å². The van der Waals surface area contributed by atoms with Crippen molar-refractivity contribution in [2.24, 2.45) is 0 Å². The molecule has 14 heavy (non-hydrogen) atoms. The van der Waals surface area contributed by atoms with Gasteiger partial charge in [0.1, 0.15) is 0 Å². The van der Waals surface area contributed by atoms with Gasteiger partial charge in [-0.25, -0.2) is 0 Å². The zero-order valence-corrected chi connectivity index (χ0v) is 9.69. The highest BCUT2D eigenvalue weighted by Crippen LogP contribution is 2.35. The summed E-state index contributed by atoms with van der Waals surface area (Å²) in [7, 11) is 0. The molecule has 1 unspecified atom stereocenters. The highest BCUT2D eigenvalue weighted by atomic mass is 35.5. The molecule has 2 N–H and O–H groups in total. The first kappa shape index (κ1) is 11.5. The van der Waals surface area contributed by atoms with E-state index in [-0.39, 0.29) is 6.10 Å². The third kappa shape index (κ3) is 2.69. The molecular formula is C10H13Cl2NO. The summed E-state index contributed by atoms with van der Waals surface area (Å²) >= 11 is 11.7. The number of benzene rings is 1. The quantitative estimate of drug-likeness (QED) is 0.808. The highest BCUT2D eigenvalue weighted by Gasteiger charge is 2.10. The molecule has 1 aromatic carbocycles. The van der Waals surface area contributed by atoms with Gasteiger partial charge in [-0.15, -0.1) is 0 Å². The number of rotatable bonds is 3. The number of ether oxygens (including phenoxy) is 1. The number of nitrogens with two attached hydrogens (primary N) is 1. The van der Waals surface area contributed by atoms with Gasteiger partial charge in [-0.2, -0.15) is 0 Å². The molecule has 0 aliphatic heterocycles. The first-order chi connectivity index (χ1) is 6.54. The Balaban J connectivity index is 2.96. The third-order valence-corrected chi connectivity index (χ3v) is 2.43. The van der Waals surface area contributed by atoms with E-state index in [1.165, 1.54) is 0 Å². The second kappa shape index (κ2) is 4.76. The fourth-order valence-corrected chi connectivity index (χ4v) is 1.54. The predicted octanol–water partition coefficient (Wildman–Crippen LogP) is 3.75. The molecule has 2 nitrogen and oxygen atoms in total. The van der Waals surface area contributed by atoms with Crippen molar-refractivity contribution in [1.29, 1.82) is 0 Å². The van der Waals surface area contributed by atoms with Crippen LogP contribution >= 0.6 is 23.2 Å². The van der Waals surface area contributed by atoms with Gasteiger partial charge in [0, 0.05) is 5.02 Å². The molecule has 0 bridgehead atoms. The number of anilines is 1. The van der Waals surface area contributed by atoms with Crippen LogP contribution in [-0.4, -0.2) is 6.10 Å². The van der Waals surface area contributed by atoms with Gasteiger partial charge in [-0.3, -0.25) is 0 Å². The predicted molar refractivity (Wildman–Crippen MR) is 61.3 cm³/mol. The van der Waals surface area contributed by atoms with Crippen molar-refractivity contribution < 1.29 is 4.74 Å². The summed E-state index contributed by atoms with van der Waals surface area (Å²) in [6.07, 6.45) is 0.995. The Kier molecular flexibility index (Phi) is 3.90. The van der Waals surface area contributed by atoms with Gasteiger partial charge >= 0.3 is 0 Å². The Bertz CT molecular complexity index is 305. The van der Waals surface area contributed by atoms with E-state index < -0.39 is 0 Å². The maximum atomic E-state index is 5.95. The lowest BCUT2D eigenvalue weighted by Crippen LogP contribution is -2.11. The molecule has 0 amide bonds. The van der Waals surface area contributed by atoms with E-state index in [2.05, 4.69) is 0 Å². The minimum Gasteiger partial charge on any atom is -0.487 e. The normalized spacial score (nSPS) is 12.6. The van der Waals surface area contributed by atoms with Crippen molar-refractivity contribution in [3.63, 3.8) is 0 Å². The Morgan fingerprint density at radius 3 is 2.57 bits per heavy atom. The van der Waals surface area contributed by atoms with Crippen LogP contribution in [0.25, 0.3) is 0 Å². The van der Waals surface area contributed by atoms with Crippen LogP contribution in [0.15, 0.2) is 12.1 Å². The lowest BCUT2D eigenvalue weighted by Gasteiger charge is -2.15. The van der Waals surface area contributed by atoms with E-state index in [9.17, 15) is 0 Å². The molecular weight excluding hydrogens is 221 g/mol. The molecule has 78 valence electrons. The van der Waals surface area contributed by atoms with Crippen LogP contribution in [0, 0.1) is 0 Å². The van der Waals surface area contributed by atoms with Gasteiger partial charge in [0.05, 0.1) is 16.8 Å². The lowest BCUT2D eigenvalue weighted by molar-refractivity contribution is 0.219. The van der Waals surface area contributed by atoms with Crippen molar-refractivity contribution in [3.8, 4) is 5.75 Å². The Hall–Kier alpha value is -0.600. The zero-order valence-electron chi connectivity index (χ0n) is 8.18. The SMILES string of the molecule is CCC(C)Oc1c(N)cc(Cl)cc1Cl. The number of hydrogen-bond acceptors (Lipinski definition) is 2. The monoisotopic (exact) mass is 233 g/mol. The minimum atomic E-state index is 0.0935. The highest BCUT2D eigenvalue weighted by molar-refractivity contribution is 6.36. The molecule has 0 fully saturated rings. The summed E-state index contributed by atoms with van der Waals surface area (Å²) in [4.78, 5) is 0. The van der Waals surface area contributed by atoms with Gasteiger partial charge in [0.2, 0.25) is 0 Å². The van der Waals surface area contributed by atoms with E-state index >= 15 is 0 Å². The van der Waals surface area contributed by atoms with E-state index in [1.807, 2.05) is 13.8 Å². The number of halogens is 2. The second-order valence-corrected chi connectivity index (χ2v) is 3.99. The molecule has 1 rings (SSSR count). The molecule has 1 aromatic rings. The van der Waals surface area contributed by atoms with Crippen molar-refractivity contribution in [1.82, 2.24) is 0 Å². The molecule has 0 saturated carbocycles. The molecule has 4 heteroatoms. The summed E-state index contributed by atoms with van der Waals surface area (Å²) in [5.41, 5.74) is 6.21. The Morgan fingerprint density at radius 2 is 2.07 bits per heavy atom. The van der Waals surface area contributed by atoms with Crippen molar-refractivity contribution in [2.45, 2.75) is 26.4 Å². The third-order valence-electron chi connectivity index (χ3n) is 1.93. The first-order valence-corrected chi connectivity index (χ1v) is 5.21. The summed E-state index contributed by atoms with van der Waals surface area (Å²) < 4.78 is 5.56. The van der Waals surface area contributed by atoms with Crippen LogP contribution in [0.3, 0.4) is 0 Å². The van der Waals surface area contributed by atoms with Gasteiger partial charge in [-0.1, -0.05) is 30.1 Å². The average Bonchev–Trinajstić information content (AvgIpc) is 2.10. The molecule has 0 aliphatic carbocycles. The lowest BCUT2D eigenvalue weighted by atomic mass is 10.2. The van der Waals surface area contributed by atoms with E-state index in [4.69, 9.17) is 33.7 Å². The Labute approximate surface area is 94.0 Å². The fourth-order valence-electron chi connectivity index (χ4n) is 0.989. The number of nitrogen functional groups attached to an aromatic ring is 1. The van der Waals surface area contributed by atoms with Crippen molar-refractivity contribution in [3.05, 3.63) is 22.2 Å². The van der Waals surface area contributed by atoms with Crippen LogP contribution in [0.4, 0.5) is 5.69 Å². The van der Waals surface area contributed by atoms with Crippen molar-refractivity contribution >= 4 is 28.9 Å². The topological polar surface area (TPSA) is 35.2 Å². The molecule has 0 heterocycles. The maximum Gasteiger partial charge on any atom is 0.161 e. The Morgan fingerprint density at radius 1 is 1.43 bits per heavy atom. The van der Waals surface area contributed by atoms with Crippen LogP contribution in [0.5, 0.6) is 5.75 Å². The standard InChI is InChI=1S/C10H13Cl2NO/c1-3-6(2)14-10-8(12)4-7(11)5-9(10)13/h4-6H,3,13H2,1-2H3. The molecule has 0 spiro atoms. The largest absolute Gasteiger partial charge is 0.487 e. The molecule has 0 aliphatic rings. The summed E-state index contributed by atoms with van der Waals surface area (Å²) in [5.74, 6) is 0.519. The number of hydrogen-bond donors (Lipinski definition) is 1. The molecule has 0 saturated heterocycles. The minimum absolute atomic E-state index is 0.0935. The van der Waals surface area contributed by atoms with Crippen LogP contribution in [-0.2, 0) is 0 Å². The molecule has 1 atom stereocenters. The second-order valence-electron chi connectivity index (χ2n) is 3.14. The average molecular weight is 234 g/mol. The van der Waals surface area contributed by atoms with Crippen LogP contribution < -0.4 is 10.5 Å². The summed E-state index contributed by atoms with van der Waals surface area (Å²) in [6, 6.07) is 3.25. The van der Waals surface area contributed by atoms with Gasteiger partial charge in [0.25, 0.3) is 0 Å². The molecule has 0 radical (unpaired) electrons. The smallest absolute Gasteiger partial charge is 0.161 e. The zero-order chi connectivity index (χ0) is 10.7. The fraction of sp³-hybridized carbons (Fsp3) is 0.400. The van der Waals surface area contributed by atoms with Gasteiger partial charge < -0.3 is 10.5 Å². The van der Waals surface area contributed by atoms with E-state index in [0.29, 0.717) is 21.5 Å². The molecule has 0 aromatic heterocycles.